The number of rotatable bonds is 5. The predicted octanol–water partition coefficient (Wildman–Crippen LogP) is 0.585. The topological polar surface area (TPSA) is 55.7 Å². The normalized spacial score (nSPS) is 24.8. The van der Waals surface area contributed by atoms with Crippen molar-refractivity contribution in [2.75, 3.05) is 39.4 Å². The molecule has 2 fully saturated rings. The summed E-state index contributed by atoms with van der Waals surface area (Å²) in [4.78, 5) is 2.49. The van der Waals surface area contributed by atoms with Crippen molar-refractivity contribution in [1.82, 2.24) is 10.2 Å². The molecule has 0 bridgehead atoms. The maximum Gasteiger partial charge on any atom is 0.0445 e. The third-order valence-corrected chi connectivity index (χ3v) is 4.96. The maximum atomic E-state index is 9.12. The average molecular weight is 256 g/mol. The molecule has 4 nitrogen and oxygen atoms in total. The second-order valence-electron chi connectivity index (χ2n) is 5.96. The molecule has 0 atom stereocenters. The van der Waals surface area contributed by atoms with Crippen LogP contribution in [0, 0.1) is 5.41 Å². The predicted molar refractivity (Wildman–Crippen MR) is 72.5 cm³/mol. The molecular formula is C14H28N2O2. The molecule has 2 aliphatic rings. The van der Waals surface area contributed by atoms with Crippen LogP contribution in [0.1, 0.15) is 38.5 Å². The first-order chi connectivity index (χ1) is 8.79. The van der Waals surface area contributed by atoms with Crippen LogP contribution < -0.4 is 5.32 Å². The van der Waals surface area contributed by atoms with Crippen LogP contribution >= 0.6 is 0 Å². The lowest BCUT2D eigenvalue weighted by molar-refractivity contribution is 0.0352. The number of nitrogens with zero attached hydrogens (tertiary/aromatic N) is 1. The standard InChI is InChI=1S/C14H28N2O2/c17-11-1-13(2-12-18)16-9-5-14(6-10-16)3-7-15-8-4-14/h13,15,17-18H,1-12H2. The molecule has 2 heterocycles. The summed E-state index contributed by atoms with van der Waals surface area (Å²) in [5.74, 6) is 0. The maximum absolute atomic E-state index is 9.12. The SMILES string of the molecule is OCCC(CCO)N1CCC2(CCNCC2)CC1. The van der Waals surface area contributed by atoms with E-state index in [-0.39, 0.29) is 13.2 Å². The van der Waals surface area contributed by atoms with Gasteiger partial charge >= 0.3 is 0 Å². The van der Waals surface area contributed by atoms with Crippen LogP contribution in [0.25, 0.3) is 0 Å². The fourth-order valence-electron chi connectivity index (χ4n) is 3.63. The van der Waals surface area contributed by atoms with Crippen LogP contribution in [0.5, 0.6) is 0 Å². The lowest BCUT2D eigenvalue weighted by atomic mass is 9.71. The second-order valence-corrected chi connectivity index (χ2v) is 5.96. The summed E-state index contributed by atoms with van der Waals surface area (Å²) in [5, 5.41) is 21.7. The lowest BCUT2D eigenvalue weighted by Gasteiger charge is -2.46. The van der Waals surface area contributed by atoms with Gasteiger partial charge in [0.1, 0.15) is 0 Å². The number of nitrogens with one attached hydrogen (secondary N) is 1. The van der Waals surface area contributed by atoms with E-state index in [0.29, 0.717) is 11.5 Å². The van der Waals surface area contributed by atoms with Crippen molar-refractivity contribution >= 4 is 0 Å². The van der Waals surface area contributed by atoms with E-state index in [1.54, 1.807) is 0 Å². The van der Waals surface area contributed by atoms with Crippen LogP contribution in [-0.2, 0) is 0 Å². The summed E-state index contributed by atoms with van der Waals surface area (Å²) in [6.07, 6.45) is 6.84. The molecule has 2 saturated heterocycles. The van der Waals surface area contributed by atoms with Gasteiger partial charge in [-0.15, -0.1) is 0 Å². The molecular weight excluding hydrogens is 228 g/mol. The Bertz CT molecular complexity index is 226. The fourth-order valence-corrected chi connectivity index (χ4v) is 3.63. The molecule has 3 N–H and O–H groups in total. The average Bonchev–Trinajstić information content (AvgIpc) is 2.40. The fraction of sp³-hybridized carbons (Fsp3) is 1.00. The van der Waals surface area contributed by atoms with Gasteiger partial charge in [-0.1, -0.05) is 0 Å². The molecule has 0 unspecified atom stereocenters. The molecule has 1 spiro atoms. The second kappa shape index (κ2) is 6.85. The van der Waals surface area contributed by atoms with Crippen LogP contribution in [0.4, 0.5) is 0 Å². The first-order valence-corrected chi connectivity index (χ1v) is 7.46. The van der Waals surface area contributed by atoms with Gasteiger partial charge in [-0.2, -0.15) is 0 Å². The van der Waals surface area contributed by atoms with Gasteiger partial charge in [0.25, 0.3) is 0 Å². The monoisotopic (exact) mass is 256 g/mol. The Labute approximate surface area is 110 Å². The minimum atomic E-state index is 0.232. The van der Waals surface area contributed by atoms with E-state index in [9.17, 15) is 0 Å². The Morgan fingerprint density at radius 2 is 1.50 bits per heavy atom. The largest absolute Gasteiger partial charge is 0.396 e. The van der Waals surface area contributed by atoms with Crippen LogP contribution in [-0.4, -0.2) is 60.5 Å². The summed E-state index contributed by atoms with van der Waals surface area (Å²) in [6.45, 7) is 5.11. The Morgan fingerprint density at radius 1 is 0.944 bits per heavy atom. The van der Waals surface area contributed by atoms with Gasteiger partial charge in [0, 0.05) is 19.3 Å². The zero-order chi connectivity index (χ0) is 12.8. The van der Waals surface area contributed by atoms with Gasteiger partial charge in [0.15, 0.2) is 0 Å². The number of aliphatic hydroxyl groups is 2. The lowest BCUT2D eigenvalue weighted by Crippen LogP contribution is -2.49. The summed E-state index contributed by atoms with van der Waals surface area (Å²) in [5.41, 5.74) is 0.588. The van der Waals surface area contributed by atoms with E-state index in [0.717, 1.165) is 25.9 Å². The Kier molecular flexibility index (Phi) is 5.42. The molecule has 2 rings (SSSR count). The highest BCUT2D eigenvalue weighted by molar-refractivity contribution is 4.91. The number of hydrogen-bond donors (Lipinski definition) is 3. The highest BCUT2D eigenvalue weighted by atomic mass is 16.3. The quantitative estimate of drug-likeness (QED) is 0.674. The van der Waals surface area contributed by atoms with E-state index in [4.69, 9.17) is 10.2 Å². The molecule has 0 aromatic rings. The van der Waals surface area contributed by atoms with Gasteiger partial charge in [-0.25, -0.2) is 0 Å². The van der Waals surface area contributed by atoms with Crippen LogP contribution in [0.2, 0.25) is 0 Å². The first-order valence-electron chi connectivity index (χ1n) is 7.46. The third-order valence-electron chi connectivity index (χ3n) is 4.96. The molecule has 0 aromatic heterocycles. The van der Waals surface area contributed by atoms with Gasteiger partial charge in [0.05, 0.1) is 0 Å². The van der Waals surface area contributed by atoms with Gasteiger partial charge in [0.2, 0.25) is 0 Å². The van der Waals surface area contributed by atoms with E-state index in [1.165, 1.54) is 38.8 Å². The zero-order valence-corrected chi connectivity index (χ0v) is 11.4. The zero-order valence-electron chi connectivity index (χ0n) is 11.4. The molecule has 0 amide bonds. The minimum absolute atomic E-state index is 0.232. The van der Waals surface area contributed by atoms with Gasteiger partial charge in [-0.05, 0) is 70.1 Å². The molecule has 0 radical (unpaired) electrons. The number of likely N-dealkylation sites (tertiary alicyclic amines) is 1. The van der Waals surface area contributed by atoms with Crippen molar-refractivity contribution in [3.63, 3.8) is 0 Å². The summed E-state index contributed by atoms with van der Waals surface area (Å²) < 4.78 is 0. The first kappa shape index (κ1) is 14.3. The van der Waals surface area contributed by atoms with Gasteiger partial charge < -0.3 is 20.4 Å². The summed E-state index contributed by atoms with van der Waals surface area (Å²) in [6, 6.07) is 0.374. The molecule has 0 aliphatic carbocycles. The molecule has 0 saturated carbocycles. The van der Waals surface area contributed by atoms with E-state index < -0.39 is 0 Å². The number of aliphatic hydroxyl groups excluding tert-OH is 2. The van der Waals surface area contributed by atoms with Crippen molar-refractivity contribution < 1.29 is 10.2 Å². The van der Waals surface area contributed by atoms with Crippen LogP contribution in [0.3, 0.4) is 0 Å². The van der Waals surface area contributed by atoms with Crippen molar-refractivity contribution in [3.05, 3.63) is 0 Å². The molecule has 106 valence electrons. The number of hydrogen-bond acceptors (Lipinski definition) is 4. The van der Waals surface area contributed by atoms with Gasteiger partial charge in [-0.3, -0.25) is 0 Å². The van der Waals surface area contributed by atoms with Crippen LogP contribution in [0.15, 0.2) is 0 Å². The molecule has 2 aliphatic heterocycles. The minimum Gasteiger partial charge on any atom is -0.396 e. The number of piperidine rings is 2. The molecule has 0 aromatic carbocycles. The van der Waals surface area contributed by atoms with E-state index in [1.807, 2.05) is 0 Å². The van der Waals surface area contributed by atoms with Crippen molar-refractivity contribution in [2.24, 2.45) is 5.41 Å². The Hall–Kier alpha value is -0.160. The highest BCUT2D eigenvalue weighted by Gasteiger charge is 2.36. The summed E-state index contributed by atoms with van der Waals surface area (Å²) >= 11 is 0. The molecule has 4 heteroatoms. The third kappa shape index (κ3) is 3.44. The summed E-state index contributed by atoms with van der Waals surface area (Å²) in [7, 11) is 0. The van der Waals surface area contributed by atoms with E-state index >= 15 is 0 Å². The smallest absolute Gasteiger partial charge is 0.0445 e. The highest BCUT2D eigenvalue weighted by Crippen LogP contribution is 2.40. The van der Waals surface area contributed by atoms with Crippen molar-refractivity contribution in [3.8, 4) is 0 Å². The van der Waals surface area contributed by atoms with Crippen molar-refractivity contribution in [1.29, 1.82) is 0 Å². The van der Waals surface area contributed by atoms with Crippen molar-refractivity contribution in [2.45, 2.75) is 44.6 Å². The Balaban J connectivity index is 1.84. The molecule has 18 heavy (non-hydrogen) atoms. The van der Waals surface area contributed by atoms with E-state index in [2.05, 4.69) is 10.2 Å². The Morgan fingerprint density at radius 3 is 2.00 bits per heavy atom.